The molecule has 7 heteroatoms. The number of aromatic nitrogens is 2. The molecule has 1 aromatic rings. The van der Waals surface area contributed by atoms with Gasteiger partial charge in [-0.25, -0.2) is 14.8 Å². The number of carbonyl (C=O) groups excluding carboxylic acids is 1. The van der Waals surface area contributed by atoms with Crippen LogP contribution in [0.5, 0.6) is 0 Å². The lowest BCUT2D eigenvalue weighted by molar-refractivity contribution is 0.0635. The van der Waals surface area contributed by atoms with Gasteiger partial charge >= 0.3 is 6.09 Å². The topological polar surface area (TPSA) is 64.1 Å². The van der Waals surface area contributed by atoms with E-state index in [1.54, 1.807) is 27.7 Å². The monoisotopic (exact) mass is 369 g/mol. The zero-order valence-electron chi connectivity index (χ0n) is 9.97. The molecule has 1 rings (SSSR count). The predicted molar refractivity (Wildman–Crippen MR) is 74.4 cm³/mol. The summed E-state index contributed by atoms with van der Waals surface area (Å²) >= 11 is 7.85. The number of hydrogen-bond donors (Lipinski definition) is 1. The number of nitrogens with zero attached hydrogens (tertiary/aromatic N) is 2. The number of aryl methyl sites for hydroxylation is 1. The Labute approximate surface area is 118 Å². The third-order valence-corrected chi connectivity index (χ3v) is 3.16. The summed E-state index contributed by atoms with van der Waals surface area (Å²) in [5, 5.41) is 2.85. The Morgan fingerprint density at radius 3 is 2.53 bits per heavy atom. The molecular weight excluding hydrogens is 356 g/mol. The van der Waals surface area contributed by atoms with E-state index >= 15 is 0 Å². The van der Waals surface area contributed by atoms with Crippen molar-refractivity contribution in [1.29, 1.82) is 0 Å². The largest absolute Gasteiger partial charge is 0.444 e. The van der Waals surface area contributed by atoms with Crippen LogP contribution in [0, 0.1) is 10.5 Å². The molecule has 0 saturated heterocycles. The summed E-state index contributed by atoms with van der Waals surface area (Å²) in [6.07, 6.45) is -0.565. The minimum absolute atomic E-state index is 0.309. The Kier molecular flexibility index (Phi) is 4.54. The first-order valence-electron chi connectivity index (χ1n) is 4.88. The molecule has 0 saturated carbocycles. The van der Waals surface area contributed by atoms with Gasteiger partial charge in [0.15, 0.2) is 5.82 Å². The van der Waals surface area contributed by atoms with Gasteiger partial charge in [0.05, 0.1) is 3.57 Å². The molecule has 0 spiro atoms. The van der Waals surface area contributed by atoms with E-state index in [4.69, 9.17) is 16.3 Å². The lowest BCUT2D eigenvalue weighted by Gasteiger charge is -2.19. The van der Waals surface area contributed by atoms with Crippen LogP contribution < -0.4 is 5.32 Å². The highest BCUT2D eigenvalue weighted by molar-refractivity contribution is 14.1. The van der Waals surface area contributed by atoms with Gasteiger partial charge in [-0.1, -0.05) is 11.6 Å². The summed E-state index contributed by atoms with van der Waals surface area (Å²) in [6.45, 7) is 7.06. The maximum Gasteiger partial charge on any atom is 0.413 e. The van der Waals surface area contributed by atoms with Crippen LogP contribution in [-0.4, -0.2) is 21.7 Å². The van der Waals surface area contributed by atoms with Crippen molar-refractivity contribution in [2.24, 2.45) is 0 Å². The van der Waals surface area contributed by atoms with Crippen LogP contribution in [0.3, 0.4) is 0 Å². The zero-order valence-corrected chi connectivity index (χ0v) is 12.9. The Morgan fingerprint density at radius 1 is 1.41 bits per heavy atom. The van der Waals surface area contributed by atoms with Gasteiger partial charge in [0.25, 0.3) is 0 Å². The van der Waals surface area contributed by atoms with Crippen molar-refractivity contribution in [1.82, 2.24) is 9.97 Å². The van der Waals surface area contributed by atoms with Crippen molar-refractivity contribution in [2.45, 2.75) is 33.3 Å². The van der Waals surface area contributed by atoms with Gasteiger partial charge in [-0.2, -0.15) is 0 Å². The fraction of sp³-hybridized carbons (Fsp3) is 0.500. The van der Waals surface area contributed by atoms with Crippen LogP contribution in [0.15, 0.2) is 0 Å². The van der Waals surface area contributed by atoms with Crippen molar-refractivity contribution < 1.29 is 9.53 Å². The predicted octanol–water partition coefficient (Wildman–Crippen LogP) is 3.39. The van der Waals surface area contributed by atoms with Crippen molar-refractivity contribution in [2.75, 3.05) is 5.32 Å². The number of amides is 1. The maximum atomic E-state index is 11.6. The molecule has 94 valence electrons. The van der Waals surface area contributed by atoms with E-state index in [1.165, 1.54) is 0 Å². The normalized spacial score (nSPS) is 11.2. The fourth-order valence-electron chi connectivity index (χ4n) is 1.01. The zero-order chi connectivity index (χ0) is 13.2. The Bertz CT molecular complexity index is 446. The second kappa shape index (κ2) is 5.34. The summed E-state index contributed by atoms with van der Waals surface area (Å²) in [5.41, 5.74) is -0.554. The Balaban J connectivity index is 2.85. The van der Waals surface area contributed by atoms with E-state index in [0.717, 1.165) is 0 Å². The third-order valence-electron chi connectivity index (χ3n) is 1.54. The number of rotatable bonds is 1. The average Bonchev–Trinajstić information content (AvgIpc) is 2.10. The molecule has 0 aliphatic heterocycles. The van der Waals surface area contributed by atoms with Gasteiger partial charge in [-0.15, -0.1) is 0 Å². The molecule has 17 heavy (non-hydrogen) atoms. The van der Waals surface area contributed by atoms with E-state index in [-0.39, 0.29) is 0 Å². The van der Waals surface area contributed by atoms with Crippen LogP contribution in [0.1, 0.15) is 26.6 Å². The molecule has 1 aromatic heterocycles. The van der Waals surface area contributed by atoms with Gasteiger partial charge in [0.1, 0.15) is 16.6 Å². The van der Waals surface area contributed by atoms with Crippen molar-refractivity contribution in [3.63, 3.8) is 0 Å². The minimum atomic E-state index is -0.565. The van der Waals surface area contributed by atoms with Crippen LogP contribution in [0.25, 0.3) is 0 Å². The highest BCUT2D eigenvalue weighted by atomic mass is 127. The van der Waals surface area contributed by atoms with E-state index in [9.17, 15) is 4.79 Å². The second-order valence-electron chi connectivity index (χ2n) is 4.35. The van der Waals surface area contributed by atoms with Crippen molar-refractivity contribution >= 4 is 46.1 Å². The summed E-state index contributed by atoms with van der Waals surface area (Å²) in [7, 11) is 0. The summed E-state index contributed by atoms with van der Waals surface area (Å²) in [5.74, 6) is 0.846. The first kappa shape index (κ1) is 14.4. The first-order chi connectivity index (χ1) is 7.69. The fourth-order valence-corrected chi connectivity index (χ4v) is 1.60. The van der Waals surface area contributed by atoms with Crippen molar-refractivity contribution in [3.8, 4) is 0 Å². The summed E-state index contributed by atoms with van der Waals surface area (Å²) < 4.78 is 5.70. The first-order valence-corrected chi connectivity index (χ1v) is 6.34. The Hall–Kier alpha value is -0.630. The number of anilines is 1. The lowest BCUT2D eigenvalue weighted by Crippen LogP contribution is -2.28. The van der Waals surface area contributed by atoms with Gasteiger partial charge in [-0.05, 0) is 50.3 Å². The number of nitrogens with one attached hydrogen (secondary N) is 1. The second-order valence-corrected chi connectivity index (χ2v) is 5.79. The van der Waals surface area contributed by atoms with Crippen LogP contribution in [0.4, 0.5) is 10.6 Å². The van der Waals surface area contributed by atoms with Gasteiger partial charge in [0, 0.05) is 0 Å². The summed E-state index contributed by atoms with van der Waals surface area (Å²) in [4.78, 5) is 19.6. The molecular formula is C10H13ClIN3O2. The van der Waals surface area contributed by atoms with E-state index in [0.29, 0.717) is 20.4 Å². The molecule has 0 aromatic carbocycles. The average molecular weight is 370 g/mol. The molecule has 0 atom stereocenters. The highest BCUT2D eigenvalue weighted by Crippen LogP contribution is 2.23. The minimum Gasteiger partial charge on any atom is -0.444 e. The van der Waals surface area contributed by atoms with Crippen LogP contribution >= 0.6 is 34.2 Å². The SMILES string of the molecule is Cc1nc(Cl)c(I)c(NC(=O)OC(C)(C)C)n1. The number of carbonyl (C=O) groups is 1. The van der Waals surface area contributed by atoms with Gasteiger partial charge in [-0.3, -0.25) is 5.32 Å². The number of hydrogen-bond acceptors (Lipinski definition) is 4. The van der Waals surface area contributed by atoms with Crippen molar-refractivity contribution in [3.05, 3.63) is 14.5 Å². The number of ether oxygens (including phenoxy) is 1. The van der Waals surface area contributed by atoms with E-state index in [1.807, 2.05) is 22.6 Å². The van der Waals surface area contributed by atoms with Gasteiger partial charge < -0.3 is 4.74 Å². The standard InChI is InChI=1S/C10H13ClIN3O2/c1-5-13-7(11)6(12)8(14-5)15-9(16)17-10(2,3)4/h1-4H3,(H,13,14,15,16). The number of halogens is 2. The van der Waals surface area contributed by atoms with Gasteiger partial charge in [0.2, 0.25) is 0 Å². The molecule has 0 fully saturated rings. The third kappa shape index (κ3) is 4.63. The quantitative estimate of drug-likeness (QED) is 0.609. The van der Waals surface area contributed by atoms with E-state index < -0.39 is 11.7 Å². The molecule has 1 amide bonds. The highest BCUT2D eigenvalue weighted by Gasteiger charge is 2.18. The van der Waals surface area contributed by atoms with E-state index in [2.05, 4.69) is 15.3 Å². The lowest BCUT2D eigenvalue weighted by atomic mass is 10.2. The molecule has 0 aliphatic rings. The Morgan fingerprint density at radius 2 is 2.00 bits per heavy atom. The molecule has 0 bridgehead atoms. The summed E-state index contributed by atoms with van der Waals surface area (Å²) in [6, 6.07) is 0. The van der Waals surface area contributed by atoms with Crippen LogP contribution in [-0.2, 0) is 4.74 Å². The molecule has 1 heterocycles. The smallest absolute Gasteiger partial charge is 0.413 e. The molecule has 1 N–H and O–H groups in total. The molecule has 5 nitrogen and oxygen atoms in total. The molecule has 0 aliphatic carbocycles. The molecule has 0 radical (unpaired) electrons. The maximum absolute atomic E-state index is 11.6. The van der Waals surface area contributed by atoms with Crippen LogP contribution in [0.2, 0.25) is 5.15 Å². The molecule has 0 unspecified atom stereocenters.